The highest BCUT2D eigenvalue weighted by atomic mass is 32.2. The van der Waals surface area contributed by atoms with Crippen LogP contribution in [-0.2, 0) is 0 Å². The van der Waals surface area contributed by atoms with Crippen LogP contribution in [0.5, 0.6) is 0 Å². The van der Waals surface area contributed by atoms with Gasteiger partial charge in [-0.25, -0.2) is 0 Å². The van der Waals surface area contributed by atoms with Crippen molar-refractivity contribution in [2.75, 3.05) is 11.5 Å². The summed E-state index contributed by atoms with van der Waals surface area (Å²) in [4.78, 5) is 0. The minimum atomic E-state index is 0.948. The van der Waals surface area contributed by atoms with Crippen molar-refractivity contribution in [3.63, 3.8) is 0 Å². The smallest absolute Gasteiger partial charge is 0.00672 e. The number of hydrogen-bond acceptors (Lipinski definition) is 1. The second kappa shape index (κ2) is 4.35. The molecule has 0 heterocycles. The van der Waals surface area contributed by atoms with Gasteiger partial charge in [-0.15, -0.1) is 0 Å². The van der Waals surface area contributed by atoms with E-state index in [1.165, 1.54) is 0 Å². The molecule has 0 spiro atoms. The van der Waals surface area contributed by atoms with Gasteiger partial charge in [0.1, 0.15) is 0 Å². The second-order valence-corrected chi connectivity index (χ2v) is 1.84. The lowest BCUT2D eigenvalue weighted by molar-refractivity contribution is 1.74. The van der Waals surface area contributed by atoms with Gasteiger partial charge in [-0.05, 0) is 25.4 Å². The first-order valence-corrected chi connectivity index (χ1v) is 2.73. The van der Waals surface area contributed by atoms with E-state index < -0.39 is 0 Å². The Morgan fingerprint density at radius 2 is 1.60 bits per heavy atom. The van der Waals surface area contributed by atoms with Crippen molar-refractivity contribution < 1.29 is 0 Å². The summed E-state index contributed by atoms with van der Waals surface area (Å²) in [6.45, 7) is 7.20. The van der Waals surface area contributed by atoms with Crippen LogP contribution in [0.2, 0.25) is 0 Å². The zero-order valence-electron chi connectivity index (χ0n) is 3.24. The third kappa shape index (κ3) is 4.35. The largest absolute Gasteiger partial charge is 0.162 e. The summed E-state index contributed by atoms with van der Waals surface area (Å²) in [7, 11) is 0. The van der Waals surface area contributed by atoms with Crippen molar-refractivity contribution in [3.8, 4) is 0 Å². The molecular weight excluding hydrogens is 80.1 g/mol. The molecule has 30 valence electrons. The van der Waals surface area contributed by atoms with E-state index in [-0.39, 0.29) is 0 Å². The van der Waals surface area contributed by atoms with Crippen molar-refractivity contribution in [1.29, 1.82) is 0 Å². The normalized spacial score (nSPS) is 8.40. The Bertz CT molecular complexity index is 11.1. The van der Waals surface area contributed by atoms with Crippen LogP contribution in [0.15, 0.2) is 0 Å². The highest BCUT2D eigenvalue weighted by Gasteiger charge is 1.67. The van der Waals surface area contributed by atoms with Crippen LogP contribution in [0.1, 0.15) is 0 Å². The molecule has 0 rings (SSSR count). The third-order valence-electron chi connectivity index (χ3n) is 0.289. The molecule has 0 aromatic heterocycles. The van der Waals surface area contributed by atoms with Crippen LogP contribution in [0.3, 0.4) is 0 Å². The summed E-state index contributed by atoms with van der Waals surface area (Å²) in [5, 5.41) is 0. The van der Waals surface area contributed by atoms with E-state index in [0.29, 0.717) is 0 Å². The number of hydrogen-bond donors (Lipinski definition) is 0. The first kappa shape index (κ1) is 5.35. The van der Waals surface area contributed by atoms with E-state index in [1.807, 2.05) is 0 Å². The Balaban J connectivity index is 2.19. The maximum Gasteiger partial charge on any atom is -0.00672 e. The summed E-state index contributed by atoms with van der Waals surface area (Å²) in [5.74, 6) is 1.90. The van der Waals surface area contributed by atoms with Crippen LogP contribution in [-0.4, -0.2) is 11.5 Å². The Morgan fingerprint density at radius 1 is 1.20 bits per heavy atom. The molecule has 0 nitrogen and oxygen atoms in total. The Hall–Kier alpha value is 0.350. The van der Waals surface area contributed by atoms with Crippen molar-refractivity contribution in [3.05, 3.63) is 13.8 Å². The Labute approximate surface area is 38.0 Å². The van der Waals surface area contributed by atoms with Gasteiger partial charge in [0, 0.05) is 0 Å². The van der Waals surface area contributed by atoms with Gasteiger partial charge in [-0.2, -0.15) is 11.8 Å². The van der Waals surface area contributed by atoms with Crippen LogP contribution >= 0.6 is 11.8 Å². The first-order chi connectivity index (χ1) is 2.41. The Kier molecular flexibility index (Phi) is 4.65. The second-order valence-electron chi connectivity index (χ2n) is 0.612. The lowest BCUT2D eigenvalue weighted by Gasteiger charge is -1.80. The molecule has 2 radical (unpaired) electrons. The molecule has 0 aromatic rings. The van der Waals surface area contributed by atoms with Crippen molar-refractivity contribution in [2.45, 2.75) is 0 Å². The number of thioether (sulfide) groups is 1. The van der Waals surface area contributed by atoms with E-state index in [1.54, 1.807) is 11.8 Å². The molecule has 0 saturated carbocycles. The summed E-state index contributed by atoms with van der Waals surface area (Å²) in [5.41, 5.74) is 0. The zero-order chi connectivity index (χ0) is 4.12. The summed E-state index contributed by atoms with van der Waals surface area (Å²) in [6.07, 6.45) is 0. The van der Waals surface area contributed by atoms with E-state index in [9.17, 15) is 0 Å². The minimum absolute atomic E-state index is 0.948. The molecule has 0 bridgehead atoms. The van der Waals surface area contributed by atoms with Gasteiger partial charge in [0.15, 0.2) is 0 Å². The molecule has 5 heavy (non-hydrogen) atoms. The van der Waals surface area contributed by atoms with Crippen LogP contribution in [0.4, 0.5) is 0 Å². The van der Waals surface area contributed by atoms with E-state index >= 15 is 0 Å². The van der Waals surface area contributed by atoms with Gasteiger partial charge in [-0.3, -0.25) is 0 Å². The zero-order valence-corrected chi connectivity index (χ0v) is 4.05. The van der Waals surface area contributed by atoms with Gasteiger partial charge in [0.05, 0.1) is 0 Å². The fourth-order valence-corrected chi connectivity index (χ4v) is 0.306. The van der Waals surface area contributed by atoms with E-state index in [4.69, 9.17) is 0 Å². The van der Waals surface area contributed by atoms with Crippen LogP contribution in [0, 0.1) is 13.8 Å². The maximum absolute atomic E-state index is 3.60. The average Bonchev–Trinajstić information content (AvgIpc) is 1.41. The highest BCUT2D eigenvalue weighted by molar-refractivity contribution is 7.99. The molecule has 0 aliphatic carbocycles. The van der Waals surface area contributed by atoms with Gasteiger partial charge < -0.3 is 0 Å². The molecule has 0 aliphatic rings. The maximum atomic E-state index is 3.60. The minimum Gasteiger partial charge on any atom is -0.162 e. The lowest BCUT2D eigenvalue weighted by Crippen LogP contribution is -1.65. The fraction of sp³-hybridized carbons (Fsp3) is 0.500. The molecule has 0 aromatic carbocycles. The summed E-state index contributed by atoms with van der Waals surface area (Å²) >= 11 is 1.74. The predicted octanol–water partition coefficient (Wildman–Crippen LogP) is 1.39. The molecule has 0 saturated heterocycles. The van der Waals surface area contributed by atoms with Crippen LogP contribution < -0.4 is 0 Å². The summed E-state index contributed by atoms with van der Waals surface area (Å²) < 4.78 is 0. The highest BCUT2D eigenvalue weighted by Crippen LogP contribution is 1.92. The first-order valence-electron chi connectivity index (χ1n) is 1.58. The lowest BCUT2D eigenvalue weighted by atomic mass is 11.0. The van der Waals surface area contributed by atoms with Gasteiger partial charge >= 0.3 is 0 Å². The summed E-state index contributed by atoms with van der Waals surface area (Å²) in [6, 6.07) is 0. The fourth-order valence-electron chi connectivity index (χ4n) is 0.102. The quantitative estimate of drug-likeness (QED) is 0.491. The van der Waals surface area contributed by atoms with Gasteiger partial charge in [-0.1, -0.05) is 0 Å². The molecule has 0 aliphatic heterocycles. The topological polar surface area (TPSA) is 0 Å². The molecule has 0 fully saturated rings. The monoisotopic (exact) mass is 88.0 g/mol. The molecular formula is C4H8S. The molecule has 1 heteroatoms. The standard InChI is InChI=1S/C4H8S/c1-3-5-4-2/h1-4H2. The van der Waals surface area contributed by atoms with Gasteiger partial charge in [0.25, 0.3) is 0 Å². The SMILES string of the molecule is [CH2]CSC[CH2]. The average molecular weight is 88.2 g/mol. The van der Waals surface area contributed by atoms with Crippen LogP contribution in [0.25, 0.3) is 0 Å². The van der Waals surface area contributed by atoms with E-state index in [2.05, 4.69) is 13.8 Å². The Morgan fingerprint density at radius 3 is 1.60 bits per heavy atom. The molecule has 0 N–H and O–H groups in total. The van der Waals surface area contributed by atoms with Crippen molar-refractivity contribution in [2.24, 2.45) is 0 Å². The van der Waals surface area contributed by atoms with Crippen molar-refractivity contribution >= 4 is 11.8 Å². The molecule has 0 amide bonds. The van der Waals surface area contributed by atoms with Crippen molar-refractivity contribution in [1.82, 2.24) is 0 Å². The molecule has 0 atom stereocenters. The van der Waals surface area contributed by atoms with Gasteiger partial charge in [0.2, 0.25) is 0 Å². The number of rotatable bonds is 2. The predicted molar refractivity (Wildman–Crippen MR) is 28.0 cm³/mol. The third-order valence-corrected chi connectivity index (χ3v) is 0.866. The molecule has 0 unspecified atom stereocenters. The van der Waals surface area contributed by atoms with E-state index in [0.717, 1.165) is 11.5 Å².